The Balaban J connectivity index is 1.65. The van der Waals surface area contributed by atoms with Gasteiger partial charge in [0.25, 0.3) is 11.6 Å². The molecular weight excluding hydrogens is 775 g/mol. The number of amides is 1. The predicted molar refractivity (Wildman–Crippen MR) is 242 cm³/mol. The minimum absolute atomic E-state index is 0.0288. The second-order valence-corrected chi connectivity index (χ2v) is 37.2. The first-order chi connectivity index (χ1) is 26.6. The van der Waals surface area contributed by atoms with Crippen molar-refractivity contribution in [2.45, 2.75) is 160 Å². The average molecular weight is 846 g/mol. The standard InChI is InChI=1S/C45H71N5O5Si3/c1-40(2,3)57(12,13)53-31-43-22-23-44(55-43,32-54-58(14,15)41(4,5)6)29-34(28-43)36-17-16-35(37(49-36)33-18-20-42(7,8)21-19-33)45(30-46,52-26-27-56(9,10)11)50-39(51)38-47-24-25-48-38/h16-18,22-25,28H,19-21,26-27,29,31-32H2,1-15H3,(H,47,48)(H,50,51). The van der Waals surface area contributed by atoms with Crippen LogP contribution in [0.15, 0.2) is 48.8 Å². The van der Waals surface area contributed by atoms with Gasteiger partial charge in [0.1, 0.15) is 17.3 Å². The smallest absolute Gasteiger partial charge is 0.290 e. The highest BCUT2D eigenvalue weighted by atomic mass is 28.4. The lowest BCUT2D eigenvalue weighted by molar-refractivity contribution is -0.105. The molecule has 2 N–H and O–H groups in total. The number of hydrogen-bond donors (Lipinski definition) is 2. The molecule has 3 aliphatic rings. The summed E-state index contributed by atoms with van der Waals surface area (Å²) in [6.45, 7) is 35.1. The van der Waals surface area contributed by atoms with Gasteiger partial charge in [-0.25, -0.2) is 9.97 Å². The molecule has 3 atom stereocenters. The third kappa shape index (κ3) is 10.3. The molecule has 2 aromatic rings. The molecule has 2 aliphatic heterocycles. The second-order valence-electron chi connectivity index (χ2n) is 21.9. The van der Waals surface area contributed by atoms with Gasteiger partial charge >= 0.3 is 0 Å². The second kappa shape index (κ2) is 16.1. The van der Waals surface area contributed by atoms with Crippen LogP contribution in [0.4, 0.5) is 0 Å². The Morgan fingerprint density at radius 3 is 2.17 bits per heavy atom. The zero-order valence-electron chi connectivity index (χ0n) is 38.2. The highest BCUT2D eigenvalue weighted by molar-refractivity contribution is 6.76. The molecule has 1 aliphatic carbocycles. The molecule has 58 heavy (non-hydrogen) atoms. The number of hydrogen-bond acceptors (Lipinski definition) is 8. The third-order valence-corrected chi connectivity index (χ3v) is 23.8. The van der Waals surface area contributed by atoms with Crippen LogP contribution in [-0.2, 0) is 24.1 Å². The van der Waals surface area contributed by atoms with Crippen molar-refractivity contribution < 1.29 is 23.1 Å². The monoisotopic (exact) mass is 845 g/mol. The van der Waals surface area contributed by atoms with Gasteiger partial charge in [-0.1, -0.05) is 87.2 Å². The number of imidazole rings is 1. The van der Waals surface area contributed by atoms with Crippen molar-refractivity contribution in [1.82, 2.24) is 20.3 Å². The van der Waals surface area contributed by atoms with Crippen molar-refractivity contribution in [3.8, 4) is 6.07 Å². The molecule has 0 saturated carbocycles. The Morgan fingerprint density at radius 2 is 1.62 bits per heavy atom. The van der Waals surface area contributed by atoms with E-state index in [0.717, 1.165) is 42.1 Å². The third-order valence-electron chi connectivity index (χ3n) is 13.1. The normalized spacial score (nSPS) is 23.5. The molecule has 0 fully saturated rings. The molecular formula is C45H71N5O5Si3. The van der Waals surface area contributed by atoms with E-state index in [2.05, 4.69) is 147 Å². The molecule has 2 bridgehead atoms. The lowest BCUT2D eigenvalue weighted by Crippen LogP contribution is -2.51. The van der Waals surface area contributed by atoms with Gasteiger partial charge in [-0.2, -0.15) is 5.26 Å². The number of nitrogens with one attached hydrogen (secondary N) is 2. The SMILES string of the molecule is CC1(C)CC=C(c2nc(C3=CC4(CO[Si](C)(C)C(C)(C)C)C=CC(CO[Si](C)(C)C(C)(C)C)(C3)O4)ccc2C(C#N)(NC(=O)c2ncc[nH]2)OCC[Si](C)(C)C)CC1. The summed E-state index contributed by atoms with van der Waals surface area (Å²) < 4.78 is 27.5. The minimum atomic E-state index is -2.14. The lowest BCUT2D eigenvalue weighted by Gasteiger charge is -2.44. The number of rotatable bonds is 15. The molecule has 13 heteroatoms. The van der Waals surface area contributed by atoms with Crippen LogP contribution in [0.1, 0.15) is 109 Å². The Morgan fingerprint density at radius 1 is 0.966 bits per heavy atom. The molecule has 318 valence electrons. The van der Waals surface area contributed by atoms with Crippen LogP contribution < -0.4 is 5.32 Å². The summed E-state index contributed by atoms with van der Waals surface area (Å²) in [6.07, 6.45) is 15.1. The molecule has 4 heterocycles. The number of fused-ring (bicyclic) bond motifs is 2. The zero-order chi connectivity index (χ0) is 43.2. The van der Waals surface area contributed by atoms with E-state index >= 15 is 0 Å². The largest absolute Gasteiger partial charge is 0.414 e. The van der Waals surface area contributed by atoms with Gasteiger partial charge in [-0.05, 0) is 102 Å². The molecule has 1 amide bonds. The van der Waals surface area contributed by atoms with E-state index in [1.165, 1.54) is 6.20 Å². The molecule has 0 aromatic carbocycles. The van der Waals surface area contributed by atoms with Gasteiger partial charge in [0, 0.05) is 39.1 Å². The first-order valence-corrected chi connectivity index (χ1v) is 30.6. The molecule has 0 saturated heterocycles. The van der Waals surface area contributed by atoms with Crippen molar-refractivity contribution >= 4 is 41.8 Å². The number of pyridine rings is 1. The van der Waals surface area contributed by atoms with Crippen molar-refractivity contribution in [3.63, 3.8) is 0 Å². The van der Waals surface area contributed by atoms with Crippen molar-refractivity contribution in [1.29, 1.82) is 5.26 Å². The maximum atomic E-state index is 13.7. The number of ether oxygens (including phenoxy) is 2. The first-order valence-electron chi connectivity index (χ1n) is 21.0. The number of nitriles is 1. The topological polar surface area (TPSA) is 131 Å². The van der Waals surface area contributed by atoms with Gasteiger partial charge in [-0.3, -0.25) is 4.79 Å². The van der Waals surface area contributed by atoms with Crippen LogP contribution in [0.5, 0.6) is 0 Å². The summed E-state index contributed by atoms with van der Waals surface area (Å²) in [7, 11) is -5.84. The minimum Gasteiger partial charge on any atom is -0.414 e. The Hall–Kier alpha value is -2.97. The summed E-state index contributed by atoms with van der Waals surface area (Å²) in [5.41, 5.74) is 0.832. The van der Waals surface area contributed by atoms with Crippen molar-refractivity contribution in [2.75, 3.05) is 19.8 Å². The molecule has 2 aromatic heterocycles. The fourth-order valence-corrected chi connectivity index (χ4v) is 9.67. The van der Waals surface area contributed by atoms with Crippen LogP contribution in [0, 0.1) is 16.7 Å². The quantitative estimate of drug-likeness (QED) is 0.103. The zero-order valence-corrected chi connectivity index (χ0v) is 41.2. The van der Waals surface area contributed by atoms with E-state index in [-0.39, 0.29) is 21.3 Å². The Labute approximate surface area is 352 Å². The van der Waals surface area contributed by atoms with Gasteiger partial charge in [-0.15, -0.1) is 0 Å². The molecule has 10 nitrogen and oxygen atoms in total. The van der Waals surface area contributed by atoms with Crippen molar-refractivity contribution in [3.05, 3.63) is 71.6 Å². The molecule has 5 rings (SSSR count). The molecule has 3 unspecified atom stereocenters. The van der Waals surface area contributed by atoms with E-state index in [1.54, 1.807) is 6.20 Å². The number of allylic oxidation sites excluding steroid dienone is 2. The van der Waals surface area contributed by atoms with E-state index in [1.807, 2.05) is 12.1 Å². The number of aromatic amines is 1. The number of carbonyl (C=O) groups is 1. The van der Waals surface area contributed by atoms with Crippen LogP contribution in [0.2, 0.25) is 61.9 Å². The Bertz CT molecular complexity index is 1960. The van der Waals surface area contributed by atoms with Crippen LogP contribution in [0.25, 0.3) is 11.1 Å². The molecule has 0 radical (unpaired) electrons. The maximum absolute atomic E-state index is 13.7. The van der Waals surface area contributed by atoms with E-state index in [0.29, 0.717) is 37.5 Å². The van der Waals surface area contributed by atoms with Crippen LogP contribution in [-0.4, -0.2) is 76.6 Å². The lowest BCUT2D eigenvalue weighted by atomic mass is 9.77. The van der Waals surface area contributed by atoms with E-state index in [9.17, 15) is 10.1 Å². The predicted octanol–water partition coefficient (Wildman–Crippen LogP) is 10.8. The summed E-state index contributed by atoms with van der Waals surface area (Å²) in [4.78, 5) is 26.3. The van der Waals surface area contributed by atoms with Crippen molar-refractivity contribution in [2.24, 2.45) is 5.41 Å². The van der Waals surface area contributed by atoms with E-state index in [4.69, 9.17) is 23.3 Å². The maximum Gasteiger partial charge on any atom is 0.290 e. The highest BCUT2D eigenvalue weighted by Gasteiger charge is 2.52. The number of carbonyl (C=O) groups excluding carboxylic acids is 1. The van der Waals surface area contributed by atoms with Gasteiger partial charge in [0.15, 0.2) is 22.5 Å². The Kier molecular flexibility index (Phi) is 12.8. The first kappa shape index (κ1) is 46.1. The fraction of sp³-hybridized carbons (Fsp3) is 0.644. The summed E-state index contributed by atoms with van der Waals surface area (Å²) in [6, 6.07) is 7.12. The summed E-state index contributed by atoms with van der Waals surface area (Å²) >= 11 is 0. The fourth-order valence-electron chi connectivity index (χ4n) is 6.90. The average Bonchev–Trinajstić information content (AvgIpc) is 3.75. The summed E-state index contributed by atoms with van der Waals surface area (Å²) in [5.74, 6) is -0.431. The van der Waals surface area contributed by atoms with Gasteiger partial charge in [0.2, 0.25) is 0 Å². The van der Waals surface area contributed by atoms with Gasteiger partial charge in [0.05, 0.1) is 24.6 Å². The number of nitrogens with zero attached hydrogens (tertiary/aromatic N) is 3. The van der Waals surface area contributed by atoms with Crippen LogP contribution in [0.3, 0.4) is 0 Å². The molecule has 0 spiro atoms. The van der Waals surface area contributed by atoms with Gasteiger partial charge < -0.3 is 28.6 Å². The van der Waals surface area contributed by atoms with Crippen LogP contribution >= 0.6 is 0 Å². The summed E-state index contributed by atoms with van der Waals surface area (Å²) in [5, 5.41) is 14.2. The highest BCUT2D eigenvalue weighted by Crippen LogP contribution is 2.49. The van der Waals surface area contributed by atoms with E-state index < -0.39 is 47.5 Å². The number of H-pyrrole nitrogens is 1. The number of aromatic nitrogens is 3.